The van der Waals surface area contributed by atoms with Crippen molar-refractivity contribution in [3.8, 4) is 0 Å². The molecule has 5 nitrogen and oxygen atoms in total. The molecule has 7 heteroatoms. The fourth-order valence-corrected chi connectivity index (χ4v) is 2.21. The van der Waals surface area contributed by atoms with Crippen molar-refractivity contribution in [1.29, 1.82) is 0 Å². The second-order valence-corrected chi connectivity index (χ2v) is 5.04. The molecule has 2 rings (SSSR count). The summed E-state index contributed by atoms with van der Waals surface area (Å²) in [5.41, 5.74) is 7.02. The fraction of sp³-hybridized carbons (Fsp3) is 0.231. The molecule has 0 atom stereocenters. The van der Waals surface area contributed by atoms with Gasteiger partial charge in [0.25, 0.3) is 5.91 Å². The quantitative estimate of drug-likeness (QED) is 0.896. The van der Waals surface area contributed by atoms with Crippen molar-refractivity contribution in [2.45, 2.75) is 20.0 Å². The molecular weight excluding hydrogens is 327 g/mol. The first kappa shape index (κ1) is 14.5. The maximum absolute atomic E-state index is 13.2. The van der Waals surface area contributed by atoms with Gasteiger partial charge in [-0.25, -0.2) is 4.39 Å². The van der Waals surface area contributed by atoms with Crippen molar-refractivity contribution in [2.24, 2.45) is 0 Å². The lowest BCUT2D eigenvalue weighted by Gasteiger charge is -2.09. The number of hydrogen-bond acceptors (Lipinski definition) is 3. The number of aromatic nitrogens is 2. The van der Waals surface area contributed by atoms with Gasteiger partial charge in [0.15, 0.2) is 0 Å². The molecule has 20 heavy (non-hydrogen) atoms. The molecule has 0 radical (unpaired) electrons. The molecule has 106 valence electrons. The van der Waals surface area contributed by atoms with Crippen LogP contribution in [0.3, 0.4) is 0 Å². The topological polar surface area (TPSA) is 72.9 Å². The highest BCUT2D eigenvalue weighted by Crippen LogP contribution is 2.18. The molecule has 0 aliphatic carbocycles. The molecule has 0 bridgehead atoms. The van der Waals surface area contributed by atoms with E-state index < -0.39 is 0 Å². The lowest BCUT2D eigenvalue weighted by molar-refractivity contribution is 0.0941. The summed E-state index contributed by atoms with van der Waals surface area (Å²) in [7, 11) is 0. The number of rotatable bonds is 4. The van der Waals surface area contributed by atoms with Crippen molar-refractivity contribution >= 4 is 27.5 Å². The molecule has 1 amide bonds. The van der Waals surface area contributed by atoms with Gasteiger partial charge >= 0.3 is 0 Å². The lowest BCUT2D eigenvalue weighted by atomic mass is 10.2. The normalized spacial score (nSPS) is 10.6. The number of halogens is 2. The number of amides is 1. The highest BCUT2D eigenvalue weighted by Gasteiger charge is 2.16. The Morgan fingerprint density at radius 3 is 3.00 bits per heavy atom. The van der Waals surface area contributed by atoms with Gasteiger partial charge in [-0.3, -0.25) is 9.48 Å². The third-order valence-corrected chi connectivity index (χ3v) is 3.60. The molecule has 1 aromatic carbocycles. The number of aryl methyl sites for hydroxylation is 1. The number of nitrogens with one attached hydrogen (secondary N) is 1. The SMILES string of the molecule is CCn1ncc(N)c1C(=O)NCc1cc(F)ccc1Br. The van der Waals surface area contributed by atoms with Crippen LogP contribution >= 0.6 is 15.9 Å². The molecule has 1 heterocycles. The fourth-order valence-electron chi connectivity index (χ4n) is 1.83. The van der Waals surface area contributed by atoms with Gasteiger partial charge in [0, 0.05) is 17.6 Å². The number of anilines is 1. The Labute approximate surface area is 124 Å². The molecular formula is C13H14BrFN4O. The minimum atomic E-state index is -0.351. The van der Waals surface area contributed by atoms with Gasteiger partial charge in [0.1, 0.15) is 11.5 Å². The minimum Gasteiger partial charge on any atom is -0.396 e. The molecule has 0 saturated carbocycles. The minimum absolute atomic E-state index is 0.200. The zero-order valence-corrected chi connectivity index (χ0v) is 12.4. The van der Waals surface area contributed by atoms with Crippen LogP contribution in [-0.2, 0) is 13.1 Å². The van der Waals surface area contributed by atoms with Gasteiger partial charge in [0.05, 0.1) is 11.9 Å². The second kappa shape index (κ2) is 6.04. The largest absolute Gasteiger partial charge is 0.396 e. The van der Waals surface area contributed by atoms with E-state index in [4.69, 9.17) is 5.73 Å². The number of nitrogens with zero attached hydrogens (tertiary/aromatic N) is 2. The van der Waals surface area contributed by atoms with E-state index in [0.717, 1.165) is 4.47 Å². The van der Waals surface area contributed by atoms with Gasteiger partial charge in [-0.2, -0.15) is 5.10 Å². The predicted octanol–water partition coefficient (Wildman–Crippen LogP) is 2.32. The molecule has 1 aromatic heterocycles. The average Bonchev–Trinajstić information content (AvgIpc) is 2.80. The van der Waals surface area contributed by atoms with E-state index in [2.05, 4.69) is 26.3 Å². The molecule has 0 fully saturated rings. The van der Waals surface area contributed by atoms with Crippen LogP contribution in [0.2, 0.25) is 0 Å². The first-order valence-corrected chi connectivity index (χ1v) is 6.85. The summed E-state index contributed by atoms with van der Waals surface area (Å²) in [5.74, 6) is -0.687. The van der Waals surface area contributed by atoms with Crippen LogP contribution < -0.4 is 11.1 Å². The monoisotopic (exact) mass is 340 g/mol. The zero-order chi connectivity index (χ0) is 14.7. The molecule has 0 aliphatic rings. The standard InChI is InChI=1S/C13H14BrFN4O/c1-2-19-12(11(16)7-18-19)13(20)17-6-8-5-9(15)3-4-10(8)14/h3-5,7H,2,6,16H2,1H3,(H,17,20). The van der Waals surface area contributed by atoms with Crippen LogP contribution in [-0.4, -0.2) is 15.7 Å². The molecule has 0 saturated heterocycles. The Kier molecular flexibility index (Phi) is 4.39. The third-order valence-electron chi connectivity index (χ3n) is 2.83. The van der Waals surface area contributed by atoms with Gasteiger partial charge < -0.3 is 11.1 Å². The van der Waals surface area contributed by atoms with Crippen LogP contribution in [0.1, 0.15) is 23.0 Å². The smallest absolute Gasteiger partial charge is 0.271 e. The molecule has 0 aliphatic heterocycles. The maximum atomic E-state index is 13.2. The van der Waals surface area contributed by atoms with Gasteiger partial charge in [-0.1, -0.05) is 15.9 Å². The Bertz CT molecular complexity index is 641. The number of carbonyl (C=O) groups is 1. The summed E-state index contributed by atoms with van der Waals surface area (Å²) in [5, 5.41) is 6.71. The number of nitrogen functional groups attached to an aromatic ring is 1. The number of nitrogens with two attached hydrogens (primary N) is 1. The Morgan fingerprint density at radius 2 is 2.30 bits per heavy atom. The van der Waals surface area contributed by atoms with Crippen LogP contribution in [0.25, 0.3) is 0 Å². The van der Waals surface area contributed by atoms with Gasteiger partial charge in [0.2, 0.25) is 0 Å². The lowest BCUT2D eigenvalue weighted by Crippen LogP contribution is -2.26. The van der Waals surface area contributed by atoms with Crippen LogP contribution in [0, 0.1) is 5.82 Å². The Balaban J connectivity index is 2.12. The number of hydrogen-bond donors (Lipinski definition) is 2. The summed E-state index contributed by atoms with van der Waals surface area (Å²) in [6.07, 6.45) is 1.44. The van der Waals surface area contributed by atoms with E-state index in [0.29, 0.717) is 23.5 Å². The molecule has 0 unspecified atom stereocenters. The van der Waals surface area contributed by atoms with Crippen molar-refractivity contribution in [1.82, 2.24) is 15.1 Å². The molecule has 0 spiro atoms. The predicted molar refractivity (Wildman–Crippen MR) is 77.6 cm³/mol. The Hall–Kier alpha value is -1.89. The summed E-state index contributed by atoms with van der Waals surface area (Å²) in [4.78, 5) is 12.1. The Morgan fingerprint density at radius 1 is 1.55 bits per heavy atom. The second-order valence-electron chi connectivity index (χ2n) is 4.18. The highest BCUT2D eigenvalue weighted by atomic mass is 79.9. The first-order chi connectivity index (χ1) is 9.52. The van der Waals surface area contributed by atoms with E-state index in [1.165, 1.54) is 23.0 Å². The molecule has 2 aromatic rings. The van der Waals surface area contributed by atoms with E-state index in [-0.39, 0.29) is 18.3 Å². The van der Waals surface area contributed by atoms with Crippen molar-refractivity contribution in [2.75, 3.05) is 5.73 Å². The average molecular weight is 341 g/mol. The maximum Gasteiger partial charge on any atom is 0.271 e. The van der Waals surface area contributed by atoms with E-state index in [9.17, 15) is 9.18 Å². The first-order valence-electron chi connectivity index (χ1n) is 6.06. The van der Waals surface area contributed by atoms with Gasteiger partial charge in [-0.05, 0) is 30.7 Å². The van der Waals surface area contributed by atoms with Crippen LogP contribution in [0.15, 0.2) is 28.9 Å². The highest BCUT2D eigenvalue weighted by molar-refractivity contribution is 9.10. The van der Waals surface area contributed by atoms with E-state index in [1.54, 1.807) is 6.07 Å². The molecule has 3 N–H and O–H groups in total. The van der Waals surface area contributed by atoms with E-state index >= 15 is 0 Å². The summed E-state index contributed by atoms with van der Waals surface area (Å²) < 4.78 is 15.4. The summed E-state index contributed by atoms with van der Waals surface area (Å²) in [6, 6.07) is 4.31. The van der Waals surface area contributed by atoms with Gasteiger partial charge in [-0.15, -0.1) is 0 Å². The third kappa shape index (κ3) is 2.98. The summed E-state index contributed by atoms with van der Waals surface area (Å²) in [6.45, 7) is 2.61. The number of carbonyl (C=O) groups excluding carboxylic acids is 1. The number of benzene rings is 1. The van der Waals surface area contributed by atoms with Crippen LogP contribution in [0.4, 0.5) is 10.1 Å². The van der Waals surface area contributed by atoms with Crippen LogP contribution in [0.5, 0.6) is 0 Å². The van der Waals surface area contributed by atoms with Crippen molar-refractivity contribution < 1.29 is 9.18 Å². The summed E-state index contributed by atoms with van der Waals surface area (Å²) >= 11 is 3.31. The zero-order valence-electron chi connectivity index (χ0n) is 10.9. The van der Waals surface area contributed by atoms with Crippen molar-refractivity contribution in [3.05, 3.63) is 45.9 Å². The van der Waals surface area contributed by atoms with Crippen molar-refractivity contribution in [3.63, 3.8) is 0 Å². The van der Waals surface area contributed by atoms with E-state index in [1.807, 2.05) is 6.92 Å².